The van der Waals surface area contributed by atoms with Gasteiger partial charge in [0.05, 0.1) is 5.56 Å². The molecule has 0 saturated heterocycles. The molecule has 0 aromatic carbocycles. The van der Waals surface area contributed by atoms with Crippen LogP contribution in [0.25, 0.3) is 0 Å². The Morgan fingerprint density at radius 1 is 1.67 bits per heavy atom. The number of halogens is 2. The third-order valence-corrected chi connectivity index (χ3v) is 4.14. The van der Waals surface area contributed by atoms with Crippen LogP contribution in [0.15, 0.2) is 16.7 Å². The summed E-state index contributed by atoms with van der Waals surface area (Å²) in [5, 5.41) is 0.243. The van der Waals surface area contributed by atoms with Crippen LogP contribution in [-0.2, 0) is 0 Å². The Bertz CT molecular complexity index is 431. The third-order valence-electron chi connectivity index (χ3n) is 2.76. The molecule has 0 aliphatic rings. The zero-order chi connectivity index (χ0) is 13.7. The van der Waals surface area contributed by atoms with Crippen molar-refractivity contribution in [2.75, 3.05) is 19.1 Å². The average molecular weight is 352 g/mol. The zero-order valence-electron chi connectivity index (χ0n) is 10.6. The van der Waals surface area contributed by atoms with E-state index in [2.05, 4.69) is 27.2 Å². The highest BCUT2D eigenvalue weighted by atomic mass is 79.9. The summed E-state index contributed by atoms with van der Waals surface area (Å²) in [4.78, 5) is 18.0. The molecule has 0 aliphatic heterocycles. The van der Waals surface area contributed by atoms with E-state index in [1.807, 2.05) is 6.92 Å². The Balaban J connectivity index is 2.82. The van der Waals surface area contributed by atoms with Crippen LogP contribution < -0.4 is 0 Å². The molecule has 100 valence electrons. The molecule has 3 nitrogen and oxygen atoms in total. The molecule has 0 aliphatic carbocycles. The van der Waals surface area contributed by atoms with Crippen molar-refractivity contribution in [3.63, 3.8) is 0 Å². The summed E-state index contributed by atoms with van der Waals surface area (Å²) < 4.78 is 0.750. The van der Waals surface area contributed by atoms with Gasteiger partial charge in [-0.3, -0.25) is 4.79 Å². The minimum Gasteiger partial charge on any atom is -0.339 e. The first-order chi connectivity index (χ1) is 8.47. The van der Waals surface area contributed by atoms with Gasteiger partial charge in [-0.25, -0.2) is 4.98 Å². The number of pyridine rings is 1. The van der Waals surface area contributed by atoms with Crippen LogP contribution in [0, 0.1) is 0 Å². The fourth-order valence-corrected chi connectivity index (χ4v) is 2.54. The van der Waals surface area contributed by atoms with Gasteiger partial charge in [-0.1, -0.05) is 11.6 Å². The summed E-state index contributed by atoms with van der Waals surface area (Å²) in [6.45, 7) is 2.04. The second kappa shape index (κ2) is 7.36. The lowest BCUT2D eigenvalue weighted by Crippen LogP contribution is -2.35. The number of rotatable bonds is 5. The standard InChI is InChI=1S/C12H16BrClN2OS/c1-8(4-5-18-3)16(2)12(17)10-6-9(13)7-15-11(10)14/h6-8H,4-5H2,1-3H3. The predicted molar refractivity (Wildman–Crippen MR) is 81.5 cm³/mol. The number of thioether (sulfide) groups is 1. The minimum atomic E-state index is -0.0950. The summed E-state index contributed by atoms with van der Waals surface area (Å²) in [7, 11) is 1.80. The van der Waals surface area contributed by atoms with Crippen molar-refractivity contribution in [1.29, 1.82) is 0 Å². The van der Waals surface area contributed by atoms with E-state index in [-0.39, 0.29) is 17.1 Å². The summed E-state index contributed by atoms with van der Waals surface area (Å²) in [5.41, 5.74) is 0.435. The SMILES string of the molecule is CSCCC(C)N(C)C(=O)c1cc(Br)cnc1Cl. The fourth-order valence-electron chi connectivity index (χ4n) is 1.44. The van der Waals surface area contributed by atoms with Gasteiger partial charge >= 0.3 is 0 Å². The largest absolute Gasteiger partial charge is 0.339 e. The van der Waals surface area contributed by atoms with E-state index in [0.29, 0.717) is 5.56 Å². The fraction of sp³-hybridized carbons (Fsp3) is 0.500. The number of carbonyl (C=O) groups is 1. The molecule has 1 unspecified atom stereocenters. The first-order valence-electron chi connectivity index (χ1n) is 5.54. The maximum absolute atomic E-state index is 12.3. The Morgan fingerprint density at radius 3 is 2.94 bits per heavy atom. The Hall–Kier alpha value is -0.260. The van der Waals surface area contributed by atoms with Crippen molar-refractivity contribution >= 4 is 45.2 Å². The normalized spacial score (nSPS) is 12.3. The smallest absolute Gasteiger partial charge is 0.257 e. The molecule has 1 atom stereocenters. The van der Waals surface area contributed by atoms with Gasteiger partial charge < -0.3 is 4.90 Å². The number of carbonyl (C=O) groups excluding carboxylic acids is 1. The van der Waals surface area contributed by atoms with E-state index < -0.39 is 0 Å². The number of hydrogen-bond acceptors (Lipinski definition) is 3. The molecular formula is C12H16BrClN2OS. The molecule has 1 aromatic rings. The summed E-state index contributed by atoms with van der Waals surface area (Å²) in [6.07, 6.45) is 4.60. The number of aromatic nitrogens is 1. The van der Waals surface area contributed by atoms with Crippen LogP contribution in [0.1, 0.15) is 23.7 Å². The van der Waals surface area contributed by atoms with Crippen LogP contribution in [-0.4, -0.2) is 40.9 Å². The van der Waals surface area contributed by atoms with Crippen molar-refractivity contribution in [1.82, 2.24) is 9.88 Å². The van der Waals surface area contributed by atoms with Gasteiger partial charge in [-0.05, 0) is 47.3 Å². The van der Waals surface area contributed by atoms with Crippen LogP contribution in [0.4, 0.5) is 0 Å². The Morgan fingerprint density at radius 2 is 2.33 bits per heavy atom. The average Bonchev–Trinajstić information content (AvgIpc) is 2.37. The van der Waals surface area contributed by atoms with E-state index in [9.17, 15) is 4.79 Å². The molecule has 6 heteroatoms. The van der Waals surface area contributed by atoms with Crippen molar-refractivity contribution < 1.29 is 4.79 Å². The maximum atomic E-state index is 12.3. The molecule has 0 bridgehead atoms. The van der Waals surface area contributed by atoms with Gasteiger partial charge in [0.25, 0.3) is 5.91 Å². The lowest BCUT2D eigenvalue weighted by Gasteiger charge is -2.25. The van der Waals surface area contributed by atoms with E-state index in [1.165, 1.54) is 0 Å². The van der Waals surface area contributed by atoms with Crippen LogP contribution in [0.2, 0.25) is 5.15 Å². The predicted octanol–water partition coefficient (Wildman–Crippen LogP) is 3.71. The van der Waals surface area contributed by atoms with Crippen molar-refractivity contribution in [3.05, 3.63) is 27.5 Å². The highest BCUT2D eigenvalue weighted by Crippen LogP contribution is 2.20. The summed E-state index contributed by atoms with van der Waals surface area (Å²) in [5.74, 6) is 0.936. The monoisotopic (exact) mass is 350 g/mol. The topological polar surface area (TPSA) is 33.2 Å². The third kappa shape index (κ3) is 4.14. The highest BCUT2D eigenvalue weighted by Gasteiger charge is 2.20. The molecule has 0 fully saturated rings. The van der Waals surface area contributed by atoms with Crippen molar-refractivity contribution in [2.24, 2.45) is 0 Å². The van der Waals surface area contributed by atoms with Gasteiger partial charge in [-0.15, -0.1) is 0 Å². The molecule has 0 N–H and O–H groups in total. The Kier molecular flexibility index (Phi) is 6.46. The van der Waals surface area contributed by atoms with E-state index in [4.69, 9.17) is 11.6 Å². The number of nitrogens with zero attached hydrogens (tertiary/aromatic N) is 2. The van der Waals surface area contributed by atoms with E-state index in [1.54, 1.807) is 36.0 Å². The van der Waals surface area contributed by atoms with Crippen LogP contribution >= 0.6 is 39.3 Å². The minimum absolute atomic E-state index is 0.0950. The maximum Gasteiger partial charge on any atom is 0.257 e. The second-order valence-electron chi connectivity index (χ2n) is 4.04. The second-order valence-corrected chi connectivity index (χ2v) is 6.30. The van der Waals surface area contributed by atoms with E-state index >= 15 is 0 Å². The molecular weight excluding hydrogens is 336 g/mol. The first kappa shape index (κ1) is 15.8. The molecule has 0 spiro atoms. The van der Waals surface area contributed by atoms with Gasteiger partial charge in [-0.2, -0.15) is 11.8 Å². The van der Waals surface area contributed by atoms with E-state index in [0.717, 1.165) is 16.6 Å². The highest BCUT2D eigenvalue weighted by molar-refractivity contribution is 9.10. The molecule has 0 saturated carbocycles. The lowest BCUT2D eigenvalue weighted by molar-refractivity contribution is 0.0741. The zero-order valence-corrected chi connectivity index (χ0v) is 13.8. The lowest BCUT2D eigenvalue weighted by atomic mass is 10.2. The van der Waals surface area contributed by atoms with Crippen LogP contribution in [0.5, 0.6) is 0 Å². The molecule has 1 rings (SSSR count). The summed E-state index contributed by atoms with van der Waals surface area (Å²) >= 11 is 11.0. The number of hydrogen-bond donors (Lipinski definition) is 0. The molecule has 0 radical (unpaired) electrons. The van der Waals surface area contributed by atoms with Gasteiger partial charge in [0.1, 0.15) is 5.15 Å². The molecule has 1 heterocycles. The quantitative estimate of drug-likeness (QED) is 0.758. The first-order valence-corrected chi connectivity index (χ1v) is 8.11. The molecule has 1 aromatic heterocycles. The Labute approximate surface area is 125 Å². The van der Waals surface area contributed by atoms with Crippen molar-refractivity contribution in [2.45, 2.75) is 19.4 Å². The molecule has 18 heavy (non-hydrogen) atoms. The van der Waals surface area contributed by atoms with Gasteiger partial charge in [0.2, 0.25) is 0 Å². The summed E-state index contributed by atoms with van der Waals surface area (Å²) in [6, 6.07) is 1.88. The van der Waals surface area contributed by atoms with Gasteiger partial charge in [0.15, 0.2) is 0 Å². The van der Waals surface area contributed by atoms with Gasteiger partial charge in [0, 0.05) is 23.8 Å². The molecule has 1 amide bonds. The van der Waals surface area contributed by atoms with Crippen LogP contribution in [0.3, 0.4) is 0 Å². The van der Waals surface area contributed by atoms with Crippen molar-refractivity contribution in [3.8, 4) is 0 Å². The number of amides is 1.